The SMILES string of the molecule is N#CCCC=CC(CCSCCC(C=CCCC#N)C(=O)O)C(=O)O. The molecule has 0 bridgehead atoms. The summed E-state index contributed by atoms with van der Waals surface area (Å²) in [5, 5.41) is 35.2. The van der Waals surface area contributed by atoms with Crippen LogP contribution in [0.25, 0.3) is 0 Å². The second kappa shape index (κ2) is 15.3. The number of carbonyl (C=O) groups is 2. The zero-order valence-corrected chi connectivity index (χ0v) is 15.0. The van der Waals surface area contributed by atoms with Crippen LogP contribution < -0.4 is 0 Å². The Labute approximate surface area is 152 Å². The number of carboxylic acid groups (broad SMARTS) is 2. The molecule has 6 nitrogen and oxygen atoms in total. The molecule has 0 aliphatic carbocycles. The second-order valence-corrected chi connectivity index (χ2v) is 6.55. The number of carboxylic acids is 2. The molecule has 7 heteroatoms. The van der Waals surface area contributed by atoms with Crippen LogP contribution in [0.4, 0.5) is 0 Å². The van der Waals surface area contributed by atoms with Gasteiger partial charge in [-0.2, -0.15) is 22.3 Å². The number of hydrogen-bond donors (Lipinski definition) is 2. The molecule has 0 amide bonds. The van der Waals surface area contributed by atoms with Crippen molar-refractivity contribution < 1.29 is 19.8 Å². The third-order valence-electron chi connectivity index (χ3n) is 3.36. The summed E-state index contributed by atoms with van der Waals surface area (Å²) in [6, 6.07) is 4.00. The molecule has 0 aliphatic rings. The summed E-state index contributed by atoms with van der Waals surface area (Å²) in [5.74, 6) is -1.68. The predicted molar refractivity (Wildman–Crippen MR) is 96.8 cm³/mol. The lowest BCUT2D eigenvalue weighted by atomic mass is 10.1. The van der Waals surface area contributed by atoms with Crippen molar-refractivity contribution in [3.05, 3.63) is 24.3 Å². The highest BCUT2D eigenvalue weighted by Gasteiger charge is 2.15. The second-order valence-electron chi connectivity index (χ2n) is 5.33. The fourth-order valence-corrected chi connectivity index (χ4v) is 2.99. The Morgan fingerprint density at radius 1 is 0.880 bits per heavy atom. The van der Waals surface area contributed by atoms with Crippen LogP contribution in [-0.2, 0) is 9.59 Å². The highest BCUT2D eigenvalue weighted by atomic mass is 32.2. The van der Waals surface area contributed by atoms with Crippen molar-refractivity contribution in [1.82, 2.24) is 0 Å². The molecule has 25 heavy (non-hydrogen) atoms. The van der Waals surface area contributed by atoms with E-state index in [0.717, 1.165) is 0 Å². The molecule has 0 aromatic rings. The van der Waals surface area contributed by atoms with Crippen LogP contribution in [0, 0.1) is 34.5 Å². The smallest absolute Gasteiger partial charge is 0.310 e. The third-order valence-corrected chi connectivity index (χ3v) is 4.41. The van der Waals surface area contributed by atoms with Crippen LogP contribution in [0.1, 0.15) is 38.5 Å². The first-order valence-electron chi connectivity index (χ1n) is 8.13. The van der Waals surface area contributed by atoms with E-state index in [1.165, 1.54) is 11.8 Å². The van der Waals surface area contributed by atoms with Gasteiger partial charge in [0.1, 0.15) is 0 Å². The first kappa shape index (κ1) is 22.8. The summed E-state index contributed by atoms with van der Waals surface area (Å²) in [5.41, 5.74) is 0. The average molecular weight is 364 g/mol. The van der Waals surface area contributed by atoms with Gasteiger partial charge in [-0.25, -0.2) is 0 Å². The average Bonchev–Trinajstić information content (AvgIpc) is 2.57. The molecule has 0 rings (SSSR count). The van der Waals surface area contributed by atoms with Gasteiger partial charge in [0.2, 0.25) is 0 Å². The summed E-state index contributed by atoms with van der Waals surface area (Å²) in [6.45, 7) is 0. The van der Waals surface area contributed by atoms with Gasteiger partial charge < -0.3 is 10.2 Å². The summed E-state index contributed by atoms with van der Waals surface area (Å²) >= 11 is 1.53. The number of nitrogens with zero attached hydrogens (tertiary/aromatic N) is 2. The molecule has 0 aliphatic heterocycles. The highest BCUT2D eigenvalue weighted by Crippen LogP contribution is 2.16. The van der Waals surface area contributed by atoms with Crippen molar-refractivity contribution in [1.29, 1.82) is 10.5 Å². The molecule has 0 fully saturated rings. The molecule has 2 atom stereocenters. The number of hydrogen-bond acceptors (Lipinski definition) is 5. The van der Waals surface area contributed by atoms with Gasteiger partial charge in [-0.15, -0.1) is 0 Å². The largest absolute Gasteiger partial charge is 0.481 e. The van der Waals surface area contributed by atoms with E-state index in [9.17, 15) is 9.59 Å². The summed E-state index contributed by atoms with van der Waals surface area (Å²) < 4.78 is 0. The molecule has 0 saturated carbocycles. The van der Waals surface area contributed by atoms with Crippen molar-refractivity contribution in [3.63, 3.8) is 0 Å². The molecule has 136 valence electrons. The van der Waals surface area contributed by atoms with E-state index in [0.29, 0.717) is 50.0 Å². The standard InChI is InChI=1S/C18H24N2O4S/c19-11-5-1-3-7-15(17(21)22)9-13-25-14-10-16(18(23)24)8-4-2-6-12-20/h3-4,7-8,15-16H,1-2,5-6,9-10,13-14H2,(H,21,22)(H,23,24). The Morgan fingerprint density at radius 3 is 1.60 bits per heavy atom. The molecular weight excluding hydrogens is 340 g/mol. The van der Waals surface area contributed by atoms with Crippen LogP contribution >= 0.6 is 11.8 Å². The van der Waals surface area contributed by atoms with Crippen LogP contribution in [0.15, 0.2) is 24.3 Å². The fourth-order valence-electron chi connectivity index (χ4n) is 1.94. The molecule has 2 unspecified atom stereocenters. The highest BCUT2D eigenvalue weighted by molar-refractivity contribution is 7.99. The van der Waals surface area contributed by atoms with Gasteiger partial charge in [-0.05, 0) is 37.2 Å². The van der Waals surface area contributed by atoms with Gasteiger partial charge >= 0.3 is 11.9 Å². The fraction of sp³-hybridized carbons (Fsp3) is 0.556. The van der Waals surface area contributed by atoms with Crippen molar-refractivity contribution in [2.24, 2.45) is 11.8 Å². The molecule has 0 aromatic heterocycles. The number of unbranched alkanes of at least 4 members (excludes halogenated alkanes) is 2. The van der Waals surface area contributed by atoms with E-state index in [1.54, 1.807) is 24.3 Å². The van der Waals surface area contributed by atoms with Gasteiger partial charge in [0.15, 0.2) is 0 Å². The van der Waals surface area contributed by atoms with Crippen molar-refractivity contribution in [3.8, 4) is 12.1 Å². The molecule has 0 aromatic carbocycles. The molecule has 0 spiro atoms. The normalized spacial score (nSPS) is 13.4. The zero-order valence-electron chi connectivity index (χ0n) is 14.1. The molecule has 2 N–H and O–H groups in total. The van der Waals surface area contributed by atoms with E-state index >= 15 is 0 Å². The van der Waals surface area contributed by atoms with Crippen LogP contribution in [0.3, 0.4) is 0 Å². The maximum atomic E-state index is 11.2. The van der Waals surface area contributed by atoms with Gasteiger partial charge in [0.05, 0.1) is 24.0 Å². The quantitative estimate of drug-likeness (QED) is 0.356. The number of thioether (sulfide) groups is 1. The van der Waals surface area contributed by atoms with E-state index < -0.39 is 23.8 Å². The topological polar surface area (TPSA) is 122 Å². The van der Waals surface area contributed by atoms with Crippen molar-refractivity contribution >= 4 is 23.7 Å². The van der Waals surface area contributed by atoms with E-state index in [1.807, 2.05) is 12.1 Å². The Balaban J connectivity index is 4.13. The Morgan fingerprint density at radius 2 is 1.28 bits per heavy atom. The first-order valence-corrected chi connectivity index (χ1v) is 9.29. The van der Waals surface area contributed by atoms with E-state index in [2.05, 4.69) is 0 Å². The number of aliphatic carboxylic acids is 2. The molecule has 0 heterocycles. The maximum Gasteiger partial charge on any atom is 0.310 e. The molecule has 0 saturated heterocycles. The number of nitriles is 2. The first-order chi connectivity index (χ1) is 12.0. The zero-order chi connectivity index (χ0) is 18.9. The molecule has 0 radical (unpaired) electrons. The van der Waals surface area contributed by atoms with Gasteiger partial charge in [0.25, 0.3) is 0 Å². The van der Waals surface area contributed by atoms with Gasteiger partial charge in [-0.3, -0.25) is 9.59 Å². The number of allylic oxidation sites excluding steroid dienone is 2. The molecular formula is C18H24N2O4S. The van der Waals surface area contributed by atoms with Crippen LogP contribution in [0.2, 0.25) is 0 Å². The number of rotatable bonds is 14. The van der Waals surface area contributed by atoms with E-state index in [-0.39, 0.29) is 0 Å². The maximum absolute atomic E-state index is 11.2. The van der Waals surface area contributed by atoms with Gasteiger partial charge in [-0.1, -0.05) is 24.3 Å². The summed E-state index contributed by atoms with van der Waals surface area (Å²) in [4.78, 5) is 22.3. The van der Waals surface area contributed by atoms with Crippen LogP contribution in [0.5, 0.6) is 0 Å². The minimum Gasteiger partial charge on any atom is -0.481 e. The summed E-state index contributed by atoms with van der Waals surface area (Å²) in [6.07, 6.45) is 9.47. The predicted octanol–water partition coefficient (Wildman–Crippen LogP) is 3.62. The minimum atomic E-state index is -0.891. The van der Waals surface area contributed by atoms with Crippen molar-refractivity contribution in [2.75, 3.05) is 11.5 Å². The van der Waals surface area contributed by atoms with Gasteiger partial charge in [0, 0.05) is 12.8 Å². The third kappa shape index (κ3) is 12.8. The summed E-state index contributed by atoms with van der Waals surface area (Å²) in [7, 11) is 0. The Hall–Kier alpha value is -2.25. The minimum absolute atomic E-state index is 0.371. The van der Waals surface area contributed by atoms with E-state index in [4.69, 9.17) is 20.7 Å². The monoisotopic (exact) mass is 364 g/mol. The Bertz CT molecular complexity index is 498. The lowest BCUT2D eigenvalue weighted by Crippen LogP contribution is -2.13. The van der Waals surface area contributed by atoms with Crippen LogP contribution in [-0.4, -0.2) is 33.7 Å². The Kier molecular flexibility index (Phi) is 13.9. The van der Waals surface area contributed by atoms with Crippen molar-refractivity contribution in [2.45, 2.75) is 38.5 Å². The lowest BCUT2D eigenvalue weighted by molar-refractivity contribution is -0.141. The lowest BCUT2D eigenvalue weighted by Gasteiger charge is -2.09.